The second-order valence-corrected chi connectivity index (χ2v) is 4.37. The number of hydrogen-bond donors (Lipinski definition) is 1. The van der Waals surface area contributed by atoms with Gasteiger partial charge < -0.3 is 10.5 Å². The third-order valence-electron chi connectivity index (χ3n) is 2.84. The largest absolute Gasteiger partial charge is 0.398 e. The highest BCUT2D eigenvalue weighted by atomic mass is 16.5. The number of ether oxygens (including phenoxy) is 1. The highest BCUT2D eigenvalue weighted by molar-refractivity contribution is 5.71. The van der Waals surface area contributed by atoms with E-state index in [0.717, 1.165) is 30.7 Å². The lowest BCUT2D eigenvalue weighted by Gasteiger charge is -2.08. The number of aromatic nitrogens is 4. The third-order valence-corrected chi connectivity index (χ3v) is 2.84. The van der Waals surface area contributed by atoms with Gasteiger partial charge in [-0.1, -0.05) is 11.6 Å². The topological polar surface area (TPSA) is 78.8 Å². The normalized spacial score (nSPS) is 10.8. The van der Waals surface area contributed by atoms with Gasteiger partial charge in [-0.3, -0.25) is 0 Å². The molecule has 0 atom stereocenters. The van der Waals surface area contributed by atoms with E-state index in [0.29, 0.717) is 18.1 Å². The first kappa shape index (κ1) is 13.5. The molecule has 0 saturated heterocycles. The third kappa shape index (κ3) is 3.29. The number of nitrogens with zero attached hydrogens (tertiary/aromatic N) is 4. The van der Waals surface area contributed by atoms with E-state index >= 15 is 0 Å². The molecule has 0 spiro atoms. The molecule has 0 amide bonds. The Bertz CT molecular complexity index is 538. The molecule has 0 aliphatic carbocycles. The first-order valence-electron chi connectivity index (χ1n) is 6.42. The van der Waals surface area contributed by atoms with Crippen molar-refractivity contribution in [2.75, 3.05) is 18.9 Å². The number of aryl methyl sites for hydroxylation is 2. The number of rotatable bonds is 6. The molecule has 0 bridgehead atoms. The van der Waals surface area contributed by atoms with E-state index in [9.17, 15) is 0 Å². The number of hydrogen-bond acceptors (Lipinski definition) is 5. The van der Waals surface area contributed by atoms with Crippen molar-refractivity contribution in [3.63, 3.8) is 0 Å². The van der Waals surface area contributed by atoms with Crippen molar-refractivity contribution >= 4 is 5.69 Å². The minimum absolute atomic E-state index is 0.687. The summed E-state index contributed by atoms with van der Waals surface area (Å²) in [5, 5.41) is 11.8. The second kappa shape index (κ2) is 6.29. The van der Waals surface area contributed by atoms with Crippen LogP contribution in [0, 0.1) is 6.92 Å². The van der Waals surface area contributed by atoms with Crippen molar-refractivity contribution < 1.29 is 4.74 Å². The van der Waals surface area contributed by atoms with Crippen LogP contribution in [0.5, 0.6) is 0 Å². The van der Waals surface area contributed by atoms with Crippen LogP contribution in [0.15, 0.2) is 18.2 Å². The first-order valence-corrected chi connectivity index (χ1v) is 6.42. The molecule has 6 nitrogen and oxygen atoms in total. The fraction of sp³-hybridized carbons (Fsp3) is 0.462. The maximum atomic E-state index is 5.99. The van der Waals surface area contributed by atoms with Gasteiger partial charge in [0.2, 0.25) is 0 Å². The SMILES string of the molecule is CCOCCCn1nnnc1-c1cc(C)ccc1N. The quantitative estimate of drug-likeness (QED) is 0.632. The Labute approximate surface area is 112 Å². The van der Waals surface area contributed by atoms with Gasteiger partial charge in [-0.15, -0.1) is 5.10 Å². The van der Waals surface area contributed by atoms with E-state index < -0.39 is 0 Å². The van der Waals surface area contributed by atoms with Crippen LogP contribution in [0.4, 0.5) is 5.69 Å². The maximum absolute atomic E-state index is 5.99. The van der Waals surface area contributed by atoms with Gasteiger partial charge in [-0.25, -0.2) is 4.68 Å². The van der Waals surface area contributed by atoms with Crippen LogP contribution in [0.1, 0.15) is 18.9 Å². The minimum Gasteiger partial charge on any atom is -0.398 e. The summed E-state index contributed by atoms with van der Waals surface area (Å²) in [6.45, 7) is 6.16. The lowest BCUT2D eigenvalue weighted by molar-refractivity contribution is 0.141. The van der Waals surface area contributed by atoms with Gasteiger partial charge >= 0.3 is 0 Å². The molecule has 1 aromatic heterocycles. The van der Waals surface area contributed by atoms with Crippen LogP contribution < -0.4 is 5.73 Å². The number of anilines is 1. The molecule has 19 heavy (non-hydrogen) atoms. The molecule has 1 heterocycles. The minimum atomic E-state index is 0.687. The molecular formula is C13H19N5O. The van der Waals surface area contributed by atoms with Gasteiger partial charge in [0.15, 0.2) is 5.82 Å². The number of nitrogens with two attached hydrogens (primary N) is 1. The zero-order valence-electron chi connectivity index (χ0n) is 11.3. The standard InChI is InChI=1S/C13H19N5O/c1-3-19-8-4-7-18-13(15-16-17-18)11-9-10(2)5-6-12(11)14/h5-6,9H,3-4,7-8,14H2,1-2H3. The monoisotopic (exact) mass is 261 g/mol. The highest BCUT2D eigenvalue weighted by Gasteiger charge is 2.11. The van der Waals surface area contributed by atoms with Crippen LogP contribution in [-0.4, -0.2) is 33.4 Å². The summed E-state index contributed by atoms with van der Waals surface area (Å²) in [4.78, 5) is 0. The van der Waals surface area contributed by atoms with E-state index in [1.807, 2.05) is 32.0 Å². The van der Waals surface area contributed by atoms with Crippen LogP contribution in [0.2, 0.25) is 0 Å². The zero-order valence-corrected chi connectivity index (χ0v) is 11.3. The molecule has 2 aromatic rings. The van der Waals surface area contributed by atoms with Crippen molar-refractivity contribution in [1.29, 1.82) is 0 Å². The summed E-state index contributed by atoms with van der Waals surface area (Å²) in [6, 6.07) is 5.85. The fourth-order valence-electron chi connectivity index (χ4n) is 1.87. The molecule has 2 N–H and O–H groups in total. The van der Waals surface area contributed by atoms with Gasteiger partial charge in [-0.2, -0.15) is 0 Å². The van der Waals surface area contributed by atoms with Gasteiger partial charge in [0.05, 0.1) is 0 Å². The molecule has 0 saturated carbocycles. The Morgan fingerprint density at radius 2 is 2.21 bits per heavy atom. The first-order chi connectivity index (χ1) is 9.22. The molecule has 1 aromatic carbocycles. The Morgan fingerprint density at radius 1 is 1.37 bits per heavy atom. The maximum Gasteiger partial charge on any atom is 0.184 e. The van der Waals surface area contributed by atoms with Crippen molar-refractivity contribution in [2.24, 2.45) is 0 Å². The Kier molecular flexibility index (Phi) is 4.46. The Morgan fingerprint density at radius 3 is 3.00 bits per heavy atom. The van der Waals surface area contributed by atoms with Crippen molar-refractivity contribution in [1.82, 2.24) is 20.2 Å². The summed E-state index contributed by atoms with van der Waals surface area (Å²) in [5.74, 6) is 0.706. The van der Waals surface area contributed by atoms with Gasteiger partial charge in [0.1, 0.15) is 0 Å². The van der Waals surface area contributed by atoms with E-state index in [2.05, 4.69) is 15.5 Å². The molecule has 6 heteroatoms. The average Bonchev–Trinajstić information content (AvgIpc) is 2.86. The summed E-state index contributed by atoms with van der Waals surface area (Å²) in [5.41, 5.74) is 8.69. The highest BCUT2D eigenvalue weighted by Crippen LogP contribution is 2.24. The Hall–Kier alpha value is -1.95. The van der Waals surface area contributed by atoms with E-state index in [1.54, 1.807) is 4.68 Å². The Balaban J connectivity index is 2.16. The number of tetrazole rings is 1. The summed E-state index contributed by atoms with van der Waals surface area (Å²) in [6.07, 6.45) is 0.873. The molecule has 0 fully saturated rings. The summed E-state index contributed by atoms with van der Waals surface area (Å²) >= 11 is 0. The summed E-state index contributed by atoms with van der Waals surface area (Å²) in [7, 11) is 0. The van der Waals surface area contributed by atoms with Crippen molar-refractivity contribution in [2.45, 2.75) is 26.8 Å². The predicted octanol–water partition coefficient (Wildman–Crippen LogP) is 1.66. The van der Waals surface area contributed by atoms with Gasteiger partial charge in [-0.05, 0) is 42.8 Å². The smallest absolute Gasteiger partial charge is 0.184 e. The average molecular weight is 261 g/mol. The fourth-order valence-corrected chi connectivity index (χ4v) is 1.87. The molecule has 102 valence electrons. The van der Waals surface area contributed by atoms with Crippen LogP contribution >= 0.6 is 0 Å². The van der Waals surface area contributed by atoms with Crippen LogP contribution in [0.3, 0.4) is 0 Å². The van der Waals surface area contributed by atoms with E-state index in [1.165, 1.54) is 0 Å². The van der Waals surface area contributed by atoms with Gasteiger partial charge in [0.25, 0.3) is 0 Å². The lowest BCUT2D eigenvalue weighted by atomic mass is 10.1. The van der Waals surface area contributed by atoms with Crippen LogP contribution in [0.25, 0.3) is 11.4 Å². The number of nitrogen functional groups attached to an aromatic ring is 1. The predicted molar refractivity (Wildman–Crippen MR) is 73.5 cm³/mol. The van der Waals surface area contributed by atoms with Gasteiger partial charge in [0, 0.05) is 31.0 Å². The molecular weight excluding hydrogens is 242 g/mol. The van der Waals surface area contributed by atoms with E-state index in [4.69, 9.17) is 10.5 Å². The lowest BCUT2D eigenvalue weighted by Crippen LogP contribution is -2.07. The van der Waals surface area contributed by atoms with Crippen molar-refractivity contribution in [3.8, 4) is 11.4 Å². The molecule has 2 rings (SSSR count). The van der Waals surface area contributed by atoms with Crippen molar-refractivity contribution in [3.05, 3.63) is 23.8 Å². The molecule has 0 unspecified atom stereocenters. The summed E-state index contributed by atoms with van der Waals surface area (Å²) < 4.78 is 7.08. The molecule has 0 aliphatic rings. The molecule has 0 radical (unpaired) electrons. The zero-order chi connectivity index (χ0) is 13.7. The molecule has 0 aliphatic heterocycles. The number of benzene rings is 1. The van der Waals surface area contributed by atoms with E-state index in [-0.39, 0.29) is 0 Å². The second-order valence-electron chi connectivity index (χ2n) is 4.37. The van der Waals surface area contributed by atoms with Crippen LogP contribution in [-0.2, 0) is 11.3 Å².